The van der Waals surface area contributed by atoms with E-state index in [9.17, 15) is 0 Å². The van der Waals surface area contributed by atoms with E-state index >= 15 is 0 Å². The van der Waals surface area contributed by atoms with Gasteiger partial charge in [0.05, 0.1) is 5.75 Å². The normalized spacial score (nSPS) is 14.7. The fourth-order valence-electron chi connectivity index (χ4n) is 2.15. The summed E-state index contributed by atoms with van der Waals surface area (Å²) in [4.78, 5) is 4.42. The average molecular weight is 319 g/mol. The highest BCUT2D eigenvalue weighted by Crippen LogP contribution is 2.39. The molecule has 0 unspecified atom stereocenters. The van der Waals surface area contributed by atoms with E-state index in [0.29, 0.717) is 23.5 Å². The second kappa shape index (κ2) is 5.27. The molecule has 1 fully saturated rings. The van der Waals surface area contributed by atoms with E-state index in [1.165, 1.54) is 12.8 Å². The lowest BCUT2D eigenvalue weighted by atomic mass is 10.3. The first-order chi connectivity index (χ1) is 10.3. The average Bonchev–Trinajstić information content (AvgIpc) is 2.94. The van der Waals surface area contributed by atoms with Gasteiger partial charge in [0.25, 0.3) is 0 Å². The standard InChI is InChI=1S/C13H13N5OS2/c1-8-15-16-13(18(8)10-2-3-10)21-7-11-14-12(17-19-11)9-4-5-20-6-9/h4-6,10H,2-3,7H2,1H3. The summed E-state index contributed by atoms with van der Waals surface area (Å²) in [5, 5.41) is 17.4. The number of aryl methyl sites for hydroxylation is 1. The lowest BCUT2D eigenvalue weighted by molar-refractivity contribution is 0.391. The van der Waals surface area contributed by atoms with Crippen molar-refractivity contribution in [2.24, 2.45) is 0 Å². The maximum absolute atomic E-state index is 5.30. The monoisotopic (exact) mass is 319 g/mol. The molecule has 4 rings (SSSR count). The van der Waals surface area contributed by atoms with Crippen LogP contribution >= 0.6 is 23.1 Å². The fraction of sp³-hybridized carbons (Fsp3) is 0.385. The zero-order valence-electron chi connectivity index (χ0n) is 11.4. The van der Waals surface area contributed by atoms with Crippen LogP contribution in [0.5, 0.6) is 0 Å². The van der Waals surface area contributed by atoms with Crippen LogP contribution in [0.25, 0.3) is 11.4 Å². The molecule has 3 aromatic heterocycles. The number of aromatic nitrogens is 5. The number of nitrogens with zero attached hydrogens (tertiary/aromatic N) is 5. The quantitative estimate of drug-likeness (QED) is 0.672. The van der Waals surface area contributed by atoms with E-state index in [1.807, 2.05) is 23.8 Å². The van der Waals surface area contributed by atoms with Gasteiger partial charge in [0.1, 0.15) is 5.82 Å². The highest BCUT2D eigenvalue weighted by Gasteiger charge is 2.28. The van der Waals surface area contributed by atoms with E-state index < -0.39 is 0 Å². The molecule has 6 nitrogen and oxygen atoms in total. The minimum atomic E-state index is 0.576. The van der Waals surface area contributed by atoms with E-state index in [-0.39, 0.29) is 0 Å². The molecule has 1 aliphatic carbocycles. The van der Waals surface area contributed by atoms with Crippen LogP contribution in [0.15, 0.2) is 26.5 Å². The lowest BCUT2D eigenvalue weighted by Crippen LogP contribution is -1.99. The molecule has 0 aliphatic heterocycles. The Morgan fingerprint density at radius 1 is 1.43 bits per heavy atom. The molecule has 0 aromatic carbocycles. The highest BCUT2D eigenvalue weighted by molar-refractivity contribution is 7.98. The number of hydrogen-bond donors (Lipinski definition) is 0. The van der Waals surface area contributed by atoms with Crippen LogP contribution in [0.3, 0.4) is 0 Å². The van der Waals surface area contributed by atoms with Crippen LogP contribution in [-0.2, 0) is 5.75 Å². The lowest BCUT2D eigenvalue weighted by Gasteiger charge is -2.04. The van der Waals surface area contributed by atoms with Gasteiger partial charge in [0.2, 0.25) is 11.7 Å². The molecule has 0 amide bonds. The van der Waals surface area contributed by atoms with Gasteiger partial charge in [-0.2, -0.15) is 16.3 Å². The van der Waals surface area contributed by atoms with Crippen molar-refractivity contribution < 1.29 is 4.52 Å². The zero-order chi connectivity index (χ0) is 14.2. The van der Waals surface area contributed by atoms with Crippen molar-refractivity contribution in [1.82, 2.24) is 24.9 Å². The van der Waals surface area contributed by atoms with Crippen molar-refractivity contribution in [3.63, 3.8) is 0 Å². The van der Waals surface area contributed by atoms with Gasteiger partial charge in [0.15, 0.2) is 5.16 Å². The molecule has 0 spiro atoms. The van der Waals surface area contributed by atoms with Crippen LogP contribution in [-0.4, -0.2) is 24.9 Å². The Kier molecular flexibility index (Phi) is 3.27. The van der Waals surface area contributed by atoms with Crippen molar-refractivity contribution in [1.29, 1.82) is 0 Å². The second-order valence-corrected chi connectivity index (χ2v) is 6.67. The number of thioether (sulfide) groups is 1. The van der Waals surface area contributed by atoms with Gasteiger partial charge in [0, 0.05) is 17.0 Å². The predicted octanol–water partition coefficient (Wildman–Crippen LogP) is 3.33. The van der Waals surface area contributed by atoms with E-state index in [2.05, 4.69) is 24.9 Å². The minimum absolute atomic E-state index is 0.576. The van der Waals surface area contributed by atoms with E-state index in [1.54, 1.807) is 23.1 Å². The van der Waals surface area contributed by atoms with Crippen LogP contribution in [0.2, 0.25) is 0 Å². The van der Waals surface area contributed by atoms with Crippen LogP contribution in [0, 0.1) is 6.92 Å². The molecule has 1 saturated carbocycles. The van der Waals surface area contributed by atoms with Crippen LogP contribution < -0.4 is 0 Å². The molecule has 0 radical (unpaired) electrons. The third-order valence-corrected chi connectivity index (χ3v) is 4.93. The highest BCUT2D eigenvalue weighted by atomic mass is 32.2. The summed E-state index contributed by atoms with van der Waals surface area (Å²) >= 11 is 3.22. The van der Waals surface area contributed by atoms with Crippen molar-refractivity contribution in [2.45, 2.75) is 36.7 Å². The van der Waals surface area contributed by atoms with Gasteiger partial charge in [-0.1, -0.05) is 16.9 Å². The van der Waals surface area contributed by atoms with Gasteiger partial charge in [-0.05, 0) is 31.2 Å². The first kappa shape index (κ1) is 13.0. The van der Waals surface area contributed by atoms with Gasteiger partial charge in [-0.25, -0.2) is 0 Å². The Labute approximate surface area is 129 Å². The Morgan fingerprint density at radius 2 is 2.33 bits per heavy atom. The molecule has 21 heavy (non-hydrogen) atoms. The smallest absolute Gasteiger partial charge is 0.237 e. The molecule has 8 heteroatoms. The Bertz CT molecular complexity index is 745. The van der Waals surface area contributed by atoms with Gasteiger partial charge in [-0.15, -0.1) is 10.2 Å². The molecule has 0 N–H and O–H groups in total. The summed E-state index contributed by atoms with van der Waals surface area (Å²) < 4.78 is 7.51. The van der Waals surface area contributed by atoms with Crippen molar-refractivity contribution in [2.75, 3.05) is 0 Å². The molecule has 0 bridgehead atoms. The maximum Gasteiger partial charge on any atom is 0.237 e. The van der Waals surface area contributed by atoms with E-state index in [4.69, 9.17) is 4.52 Å². The molecule has 0 saturated heterocycles. The van der Waals surface area contributed by atoms with Crippen molar-refractivity contribution in [3.05, 3.63) is 28.5 Å². The van der Waals surface area contributed by atoms with Crippen LogP contribution in [0.4, 0.5) is 0 Å². The summed E-state index contributed by atoms with van der Waals surface area (Å²) in [6, 6.07) is 2.56. The third-order valence-electron chi connectivity index (χ3n) is 3.32. The summed E-state index contributed by atoms with van der Waals surface area (Å²) in [7, 11) is 0. The molecule has 108 valence electrons. The molecule has 0 atom stereocenters. The first-order valence-corrected chi connectivity index (χ1v) is 8.63. The molecular formula is C13H13N5OS2. The second-order valence-electron chi connectivity index (χ2n) is 4.94. The van der Waals surface area contributed by atoms with Crippen LogP contribution in [0.1, 0.15) is 30.6 Å². The van der Waals surface area contributed by atoms with E-state index in [0.717, 1.165) is 16.5 Å². The Balaban J connectivity index is 1.48. The maximum atomic E-state index is 5.30. The van der Waals surface area contributed by atoms with Gasteiger partial charge < -0.3 is 9.09 Å². The topological polar surface area (TPSA) is 69.6 Å². The summed E-state index contributed by atoms with van der Waals surface area (Å²) in [5.41, 5.74) is 0.997. The summed E-state index contributed by atoms with van der Waals surface area (Å²) in [6.07, 6.45) is 2.44. The minimum Gasteiger partial charge on any atom is -0.338 e. The molecule has 1 aliphatic rings. The largest absolute Gasteiger partial charge is 0.338 e. The summed E-state index contributed by atoms with van der Waals surface area (Å²) in [5.74, 6) is 2.85. The predicted molar refractivity (Wildman–Crippen MR) is 80.2 cm³/mol. The Hall–Kier alpha value is -1.67. The van der Waals surface area contributed by atoms with Crippen molar-refractivity contribution in [3.8, 4) is 11.4 Å². The summed E-state index contributed by atoms with van der Waals surface area (Å²) in [6.45, 7) is 2.00. The van der Waals surface area contributed by atoms with Crippen molar-refractivity contribution >= 4 is 23.1 Å². The third kappa shape index (κ3) is 2.60. The molecule has 3 aromatic rings. The number of rotatable bonds is 5. The fourth-order valence-corrected chi connectivity index (χ4v) is 3.67. The zero-order valence-corrected chi connectivity index (χ0v) is 13.0. The SMILES string of the molecule is Cc1nnc(SCc2nc(-c3ccsc3)no2)n1C1CC1. The number of hydrogen-bond acceptors (Lipinski definition) is 7. The molecule has 3 heterocycles. The van der Waals surface area contributed by atoms with Gasteiger partial charge >= 0.3 is 0 Å². The number of thiophene rings is 1. The van der Waals surface area contributed by atoms with Gasteiger partial charge in [-0.3, -0.25) is 0 Å². The Morgan fingerprint density at radius 3 is 3.10 bits per heavy atom. The molecular weight excluding hydrogens is 306 g/mol. The first-order valence-electron chi connectivity index (χ1n) is 6.71.